The summed E-state index contributed by atoms with van der Waals surface area (Å²) < 4.78 is 0. The molecule has 16 heavy (non-hydrogen) atoms. The van der Waals surface area contributed by atoms with Crippen molar-refractivity contribution in [3.63, 3.8) is 0 Å². The van der Waals surface area contributed by atoms with E-state index in [4.69, 9.17) is 5.73 Å². The Morgan fingerprint density at radius 3 is 2.75 bits per heavy atom. The maximum atomic E-state index is 5.49. The minimum atomic E-state index is 0.840. The van der Waals surface area contributed by atoms with Gasteiger partial charge < -0.3 is 10.6 Å². The summed E-state index contributed by atoms with van der Waals surface area (Å²) in [6, 6.07) is 8.79. The molecule has 2 N–H and O–H groups in total. The highest BCUT2D eigenvalue weighted by Crippen LogP contribution is 2.27. The number of fused-ring (bicyclic) bond motifs is 1. The van der Waals surface area contributed by atoms with Crippen LogP contribution >= 0.6 is 0 Å². The Morgan fingerprint density at radius 2 is 1.88 bits per heavy atom. The van der Waals surface area contributed by atoms with Crippen molar-refractivity contribution in [2.45, 2.75) is 32.1 Å². The van der Waals surface area contributed by atoms with Gasteiger partial charge in [0.1, 0.15) is 0 Å². The maximum absolute atomic E-state index is 5.49. The molecule has 0 bridgehead atoms. The molecule has 0 unspecified atom stereocenters. The van der Waals surface area contributed by atoms with Gasteiger partial charge >= 0.3 is 0 Å². The van der Waals surface area contributed by atoms with Crippen molar-refractivity contribution in [3.05, 3.63) is 29.8 Å². The average Bonchev–Trinajstić information content (AvgIpc) is 2.73. The molecular formula is C14H22N2. The van der Waals surface area contributed by atoms with Crippen LogP contribution in [0.15, 0.2) is 24.3 Å². The summed E-state index contributed by atoms with van der Waals surface area (Å²) in [6.45, 7) is 3.25. The molecule has 2 rings (SSSR count). The number of nitrogens with zero attached hydrogens (tertiary/aromatic N) is 1. The van der Waals surface area contributed by atoms with Crippen molar-refractivity contribution >= 4 is 5.69 Å². The number of anilines is 1. The summed E-state index contributed by atoms with van der Waals surface area (Å²) in [5.41, 5.74) is 8.46. The Bertz CT molecular complexity index is 322. The van der Waals surface area contributed by atoms with Gasteiger partial charge in [-0.15, -0.1) is 0 Å². The molecule has 0 radical (unpaired) electrons. The van der Waals surface area contributed by atoms with Crippen LogP contribution in [0.3, 0.4) is 0 Å². The highest BCUT2D eigenvalue weighted by molar-refractivity contribution is 5.57. The van der Waals surface area contributed by atoms with Gasteiger partial charge in [0.25, 0.3) is 0 Å². The van der Waals surface area contributed by atoms with Crippen LogP contribution in [0.5, 0.6) is 0 Å². The molecule has 0 saturated heterocycles. The Kier molecular flexibility index (Phi) is 4.23. The van der Waals surface area contributed by atoms with Crippen molar-refractivity contribution in [3.8, 4) is 0 Å². The van der Waals surface area contributed by atoms with Gasteiger partial charge in [-0.3, -0.25) is 0 Å². The van der Waals surface area contributed by atoms with Gasteiger partial charge in [-0.2, -0.15) is 0 Å². The van der Waals surface area contributed by atoms with E-state index in [-0.39, 0.29) is 0 Å². The zero-order chi connectivity index (χ0) is 11.2. The quantitative estimate of drug-likeness (QED) is 0.744. The number of para-hydroxylation sites is 1. The van der Waals surface area contributed by atoms with Gasteiger partial charge in [0.15, 0.2) is 0 Å². The monoisotopic (exact) mass is 218 g/mol. The summed E-state index contributed by atoms with van der Waals surface area (Å²) in [4.78, 5) is 2.53. The van der Waals surface area contributed by atoms with E-state index in [1.807, 2.05) is 0 Å². The van der Waals surface area contributed by atoms with Crippen LogP contribution < -0.4 is 10.6 Å². The molecule has 1 aromatic rings. The molecule has 0 spiro atoms. The van der Waals surface area contributed by atoms with E-state index >= 15 is 0 Å². The van der Waals surface area contributed by atoms with Gasteiger partial charge in [0, 0.05) is 18.8 Å². The van der Waals surface area contributed by atoms with E-state index in [0.717, 1.165) is 6.54 Å². The number of rotatable bonds is 6. The van der Waals surface area contributed by atoms with E-state index in [9.17, 15) is 0 Å². The number of hydrogen-bond acceptors (Lipinski definition) is 2. The van der Waals surface area contributed by atoms with Crippen molar-refractivity contribution < 1.29 is 0 Å². The van der Waals surface area contributed by atoms with Gasteiger partial charge in [-0.05, 0) is 37.4 Å². The van der Waals surface area contributed by atoms with Gasteiger partial charge in [-0.1, -0.05) is 31.0 Å². The number of nitrogens with two attached hydrogens (primary N) is 1. The Hall–Kier alpha value is -1.02. The lowest BCUT2D eigenvalue weighted by Gasteiger charge is -2.19. The van der Waals surface area contributed by atoms with E-state index in [1.165, 1.54) is 56.4 Å². The molecule has 0 aromatic heterocycles. The molecule has 1 aliphatic heterocycles. The molecule has 0 atom stereocenters. The average molecular weight is 218 g/mol. The lowest BCUT2D eigenvalue weighted by Crippen LogP contribution is -2.21. The van der Waals surface area contributed by atoms with Crippen molar-refractivity contribution in [2.75, 3.05) is 24.5 Å². The predicted octanol–water partition coefficient (Wildman–Crippen LogP) is 2.57. The molecule has 88 valence electrons. The van der Waals surface area contributed by atoms with Crippen molar-refractivity contribution in [1.82, 2.24) is 0 Å². The summed E-state index contributed by atoms with van der Waals surface area (Å²) in [5.74, 6) is 0. The van der Waals surface area contributed by atoms with Crippen LogP contribution in [0.25, 0.3) is 0 Å². The molecule has 2 nitrogen and oxygen atoms in total. The van der Waals surface area contributed by atoms with Crippen LogP contribution in [-0.4, -0.2) is 19.6 Å². The smallest absolute Gasteiger partial charge is 0.0399 e. The molecule has 1 aliphatic rings. The van der Waals surface area contributed by atoms with Crippen molar-refractivity contribution in [1.29, 1.82) is 0 Å². The molecule has 0 amide bonds. The number of benzene rings is 1. The van der Waals surface area contributed by atoms with Gasteiger partial charge in [0.05, 0.1) is 0 Å². The highest BCUT2D eigenvalue weighted by atomic mass is 15.1. The summed E-state index contributed by atoms with van der Waals surface area (Å²) in [5, 5.41) is 0. The number of unbranched alkanes of at least 4 members (excludes halogenated alkanes) is 3. The molecular weight excluding hydrogens is 196 g/mol. The second kappa shape index (κ2) is 5.90. The fourth-order valence-corrected chi connectivity index (χ4v) is 2.44. The lowest BCUT2D eigenvalue weighted by molar-refractivity contribution is 0.635. The third-order valence-corrected chi connectivity index (χ3v) is 3.37. The van der Waals surface area contributed by atoms with E-state index in [2.05, 4.69) is 29.2 Å². The van der Waals surface area contributed by atoms with Gasteiger partial charge in [-0.25, -0.2) is 0 Å². The molecule has 0 saturated carbocycles. The SMILES string of the molecule is NCCCCCCN1CCc2ccccc21. The highest BCUT2D eigenvalue weighted by Gasteiger charge is 2.16. The minimum Gasteiger partial charge on any atom is -0.371 e. The Labute approximate surface area is 98.4 Å². The number of hydrogen-bond donors (Lipinski definition) is 1. The van der Waals surface area contributed by atoms with Crippen LogP contribution in [0, 0.1) is 0 Å². The predicted molar refractivity (Wildman–Crippen MR) is 69.9 cm³/mol. The van der Waals surface area contributed by atoms with Crippen LogP contribution in [-0.2, 0) is 6.42 Å². The van der Waals surface area contributed by atoms with Crippen LogP contribution in [0.2, 0.25) is 0 Å². The standard InChI is InChI=1S/C14H22N2/c15-10-5-1-2-6-11-16-12-9-13-7-3-4-8-14(13)16/h3-4,7-8H,1-2,5-6,9-12,15H2. The first kappa shape index (κ1) is 11.5. The molecule has 0 aliphatic carbocycles. The first-order valence-corrected chi connectivity index (χ1v) is 6.45. The summed E-state index contributed by atoms with van der Waals surface area (Å²) in [7, 11) is 0. The van der Waals surface area contributed by atoms with E-state index < -0.39 is 0 Å². The molecule has 1 aromatic carbocycles. The Balaban J connectivity index is 1.76. The van der Waals surface area contributed by atoms with Crippen molar-refractivity contribution in [2.24, 2.45) is 5.73 Å². The third kappa shape index (κ3) is 2.76. The summed E-state index contributed by atoms with van der Waals surface area (Å²) >= 11 is 0. The Morgan fingerprint density at radius 1 is 1.06 bits per heavy atom. The summed E-state index contributed by atoms with van der Waals surface area (Å²) in [6.07, 6.45) is 6.30. The first-order chi connectivity index (χ1) is 7.92. The van der Waals surface area contributed by atoms with Gasteiger partial charge in [0.2, 0.25) is 0 Å². The maximum Gasteiger partial charge on any atom is 0.0399 e. The topological polar surface area (TPSA) is 29.3 Å². The van der Waals surface area contributed by atoms with E-state index in [1.54, 1.807) is 0 Å². The normalized spacial score (nSPS) is 14.2. The fourth-order valence-electron chi connectivity index (χ4n) is 2.44. The fraction of sp³-hybridized carbons (Fsp3) is 0.571. The van der Waals surface area contributed by atoms with Crippen LogP contribution in [0.4, 0.5) is 5.69 Å². The zero-order valence-corrected chi connectivity index (χ0v) is 9.99. The van der Waals surface area contributed by atoms with E-state index in [0.29, 0.717) is 0 Å². The minimum absolute atomic E-state index is 0.840. The first-order valence-electron chi connectivity index (χ1n) is 6.45. The second-order valence-electron chi connectivity index (χ2n) is 4.57. The lowest BCUT2D eigenvalue weighted by atomic mass is 10.1. The molecule has 1 heterocycles. The zero-order valence-electron chi connectivity index (χ0n) is 9.99. The molecule has 0 fully saturated rings. The van der Waals surface area contributed by atoms with Crippen LogP contribution in [0.1, 0.15) is 31.2 Å². The third-order valence-electron chi connectivity index (χ3n) is 3.37. The largest absolute Gasteiger partial charge is 0.371 e. The second-order valence-corrected chi connectivity index (χ2v) is 4.57. The molecule has 2 heteroatoms.